The lowest BCUT2D eigenvalue weighted by Crippen LogP contribution is -2.22. The molecule has 4 heteroatoms. The summed E-state index contributed by atoms with van der Waals surface area (Å²) in [6.45, 7) is 6.29. The molecule has 4 nitrogen and oxygen atoms in total. The number of hydrogen-bond donors (Lipinski definition) is 1. The maximum absolute atomic E-state index is 12.1. The van der Waals surface area contributed by atoms with Crippen molar-refractivity contribution in [1.29, 1.82) is 0 Å². The van der Waals surface area contributed by atoms with Gasteiger partial charge in [-0.05, 0) is 31.4 Å². The third-order valence-electron chi connectivity index (χ3n) is 3.30. The summed E-state index contributed by atoms with van der Waals surface area (Å²) in [4.78, 5) is 19.4. The van der Waals surface area contributed by atoms with E-state index in [0.29, 0.717) is 0 Å². The first-order chi connectivity index (χ1) is 8.67. The number of aromatic nitrogens is 3. The average molecular weight is 247 g/mol. The van der Waals surface area contributed by atoms with Gasteiger partial charge < -0.3 is 4.98 Å². The second-order valence-corrected chi connectivity index (χ2v) is 4.92. The van der Waals surface area contributed by atoms with Gasteiger partial charge in [0, 0.05) is 12.2 Å². The van der Waals surface area contributed by atoms with E-state index >= 15 is 0 Å². The van der Waals surface area contributed by atoms with Gasteiger partial charge in [0.2, 0.25) is 0 Å². The molecule has 0 fully saturated rings. The van der Waals surface area contributed by atoms with Crippen molar-refractivity contribution < 1.29 is 0 Å². The van der Waals surface area contributed by atoms with E-state index in [2.05, 4.69) is 23.8 Å². The summed E-state index contributed by atoms with van der Waals surface area (Å²) in [6, 6.07) is 2.24. The third kappa shape index (κ3) is 2.33. The van der Waals surface area contributed by atoms with Crippen LogP contribution in [0.5, 0.6) is 0 Å². The molecule has 1 N–H and O–H groups in total. The lowest BCUT2D eigenvalue weighted by atomic mass is 10.1. The van der Waals surface area contributed by atoms with E-state index in [-0.39, 0.29) is 11.7 Å². The van der Waals surface area contributed by atoms with Crippen molar-refractivity contribution in [3.05, 3.63) is 28.3 Å². The minimum absolute atomic E-state index is 0.0324. The van der Waals surface area contributed by atoms with Crippen LogP contribution in [-0.2, 0) is 0 Å². The maximum Gasteiger partial charge on any atom is 0.327 e. The molecule has 0 bridgehead atoms. The molecule has 0 spiro atoms. The first-order valence-electron chi connectivity index (χ1n) is 6.74. The fraction of sp³-hybridized carbons (Fsp3) is 0.571. The number of rotatable bonds is 5. The van der Waals surface area contributed by atoms with Crippen molar-refractivity contribution >= 4 is 11.2 Å². The van der Waals surface area contributed by atoms with E-state index in [0.717, 1.165) is 42.4 Å². The number of nitrogens with zero attached hydrogens (tertiary/aromatic N) is 2. The lowest BCUT2D eigenvalue weighted by Gasteiger charge is -2.16. The Morgan fingerprint density at radius 3 is 2.61 bits per heavy atom. The number of hydrogen-bond acceptors (Lipinski definition) is 2. The van der Waals surface area contributed by atoms with E-state index in [1.807, 2.05) is 23.8 Å². The topological polar surface area (TPSA) is 50.7 Å². The van der Waals surface area contributed by atoms with Crippen LogP contribution in [0.25, 0.3) is 11.2 Å². The van der Waals surface area contributed by atoms with Crippen molar-refractivity contribution in [2.24, 2.45) is 0 Å². The van der Waals surface area contributed by atoms with Gasteiger partial charge in [0.1, 0.15) is 0 Å². The summed E-state index contributed by atoms with van der Waals surface area (Å²) in [6.07, 6.45) is 6.03. The highest BCUT2D eigenvalue weighted by Gasteiger charge is 2.16. The van der Waals surface area contributed by atoms with Crippen LogP contribution >= 0.6 is 0 Å². The van der Waals surface area contributed by atoms with Crippen LogP contribution in [0.15, 0.2) is 17.1 Å². The predicted octanol–water partition coefficient (Wildman–Crippen LogP) is 3.17. The Bertz CT molecular complexity index is 576. The van der Waals surface area contributed by atoms with Crippen molar-refractivity contribution in [1.82, 2.24) is 14.5 Å². The molecule has 2 rings (SSSR count). The van der Waals surface area contributed by atoms with Gasteiger partial charge in [0.05, 0.1) is 5.52 Å². The number of H-pyrrole nitrogens is 1. The summed E-state index contributed by atoms with van der Waals surface area (Å²) in [5, 5.41) is 0. The van der Waals surface area contributed by atoms with Gasteiger partial charge in [-0.15, -0.1) is 0 Å². The Hall–Kier alpha value is -1.58. The molecule has 0 unspecified atom stereocenters. The van der Waals surface area contributed by atoms with Crippen molar-refractivity contribution in [2.45, 2.75) is 52.5 Å². The van der Waals surface area contributed by atoms with Gasteiger partial charge in [-0.1, -0.05) is 26.7 Å². The van der Waals surface area contributed by atoms with Crippen molar-refractivity contribution in [3.63, 3.8) is 0 Å². The minimum Gasteiger partial charge on any atom is -0.304 e. The third-order valence-corrected chi connectivity index (χ3v) is 3.30. The SMILES string of the molecule is CCCC(CCC)n1c(=O)[nH]c2cc(C)cnc21. The van der Waals surface area contributed by atoms with Gasteiger partial charge in [-0.2, -0.15) is 0 Å². The quantitative estimate of drug-likeness (QED) is 0.882. The van der Waals surface area contributed by atoms with Gasteiger partial charge in [0.25, 0.3) is 0 Å². The zero-order valence-corrected chi connectivity index (χ0v) is 11.4. The number of imidazole rings is 1. The molecule has 0 aromatic carbocycles. The van der Waals surface area contributed by atoms with Crippen LogP contribution in [0.4, 0.5) is 0 Å². The van der Waals surface area contributed by atoms with Gasteiger partial charge in [-0.25, -0.2) is 9.78 Å². The van der Waals surface area contributed by atoms with Crippen LogP contribution in [0.2, 0.25) is 0 Å². The number of fused-ring (bicyclic) bond motifs is 1. The molecule has 0 radical (unpaired) electrons. The molecular weight excluding hydrogens is 226 g/mol. The van der Waals surface area contributed by atoms with Crippen LogP contribution in [0.1, 0.15) is 51.1 Å². The van der Waals surface area contributed by atoms with Crippen molar-refractivity contribution in [3.8, 4) is 0 Å². The molecule has 0 aliphatic heterocycles. The van der Waals surface area contributed by atoms with E-state index in [4.69, 9.17) is 0 Å². The molecule has 0 atom stereocenters. The molecule has 0 saturated heterocycles. The molecule has 2 heterocycles. The summed E-state index contributed by atoms with van der Waals surface area (Å²) in [7, 11) is 0. The van der Waals surface area contributed by atoms with E-state index in [9.17, 15) is 4.79 Å². The second-order valence-electron chi connectivity index (χ2n) is 4.92. The molecule has 2 aromatic heterocycles. The number of nitrogens with one attached hydrogen (secondary N) is 1. The average Bonchev–Trinajstić information content (AvgIpc) is 2.64. The first kappa shape index (κ1) is 12.9. The normalized spacial score (nSPS) is 11.6. The van der Waals surface area contributed by atoms with E-state index < -0.39 is 0 Å². The van der Waals surface area contributed by atoms with Crippen LogP contribution in [-0.4, -0.2) is 14.5 Å². The predicted molar refractivity (Wildman–Crippen MR) is 73.9 cm³/mol. The smallest absolute Gasteiger partial charge is 0.304 e. The maximum atomic E-state index is 12.1. The van der Waals surface area contributed by atoms with Crippen LogP contribution in [0.3, 0.4) is 0 Å². The van der Waals surface area contributed by atoms with Crippen molar-refractivity contribution in [2.75, 3.05) is 0 Å². The van der Waals surface area contributed by atoms with E-state index in [1.54, 1.807) is 0 Å². The molecule has 0 saturated carbocycles. The Morgan fingerprint density at radius 2 is 2.00 bits per heavy atom. The zero-order chi connectivity index (χ0) is 13.1. The highest BCUT2D eigenvalue weighted by atomic mass is 16.1. The monoisotopic (exact) mass is 247 g/mol. The molecular formula is C14H21N3O. The Balaban J connectivity index is 2.54. The standard InChI is InChI=1S/C14H21N3O/c1-4-6-11(7-5-2)17-13-12(16-14(17)18)8-10(3)9-15-13/h8-9,11H,4-7H2,1-3H3,(H,16,18). The summed E-state index contributed by atoms with van der Waals surface area (Å²) < 4.78 is 1.84. The summed E-state index contributed by atoms with van der Waals surface area (Å²) in [5.41, 5.74) is 2.67. The molecule has 0 aliphatic carbocycles. The zero-order valence-electron chi connectivity index (χ0n) is 11.4. The highest BCUT2D eigenvalue weighted by Crippen LogP contribution is 2.22. The summed E-state index contributed by atoms with van der Waals surface area (Å²) in [5.74, 6) is 0. The Kier molecular flexibility index (Phi) is 3.84. The molecule has 18 heavy (non-hydrogen) atoms. The van der Waals surface area contributed by atoms with Gasteiger partial charge in [-0.3, -0.25) is 4.57 Å². The molecule has 2 aromatic rings. The number of aryl methyl sites for hydroxylation is 1. The number of pyridine rings is 1. The second kappa shape index (κ2) is 5.38. The number of aromatic amines is 1. The molecule has 0 aliphatic rings. The molecule has 0 amide bonds. The van der Waals surface area contributed by atoms with Crippen LogP contribution < -0.4 is 5.69 Å². The Morgan fingerprint density at radius 1 is 1.33 bits per heavy atom. The lowest BCUT2D eigenvalue weighted by molar-refractivity contribution is 0.425. The van der Waals surface area contributed by atoms with E-state index in [1.165, 1.54) is 0 Å². The largest absolute Gasteiger partial charge is 0.327 e. The van der Waals surface area contributed by atoms with Crippen LogP contribution in [0, 0.1) is 6.92 Å². The summed E-state index contributed by atoms with van der Waals surface area (Å²) >= 11 is 0. The fourth-order valence-corrected chi connectivity index (χ4v) is 2.53. The van der Waals surface area contributed by atoms with Gasteiger partial charge >= 0.3 is 5.69 Å². The van der Waals surface area contributed by atoms with Gasteiger partial charge in [0.15, 0.2) is 5.65 Å². The Labute approximate surface area is 107 Å². The minimum atomic E-state index is -0.0324. The first-order valence-corrected chi connectivity index (χ1v) is 6.74. The highest BCUT2D eigenvalue weighted by molar-refractivity contribution is 5.71. The fourth-order valence-electron chi connectivity index (χ4n) is 2.53. The molecule has 98 valence electrons.